The van der Waals surface area contributed by atoms with E-state index in [1.165, 1.54) is 12.1 Å². The number of ether oxygens (including phenoxy) is 2. The Bertz CT molecular complexity index is 1220. The van der Waals surface area contributed by atoms with Crippen LogP contribution in [0.1, 0.15) is 13.8 Å². The molecule has 0 bridgehead atoms. The minimum absolute atomic E-state index is 0.115. The Hall–Kier alpha value is -3.58. The van der Waals surface area contributed by atoms with Crippen LogP contribution < -0.4 is 10.1 Å². The molecule has 2 aromatic carbocycles. The Kier molecular flexibility index (Phi) is 6.56. The van der Waals surface area contributed by atoms with Crippen molar-refractivity contribution in [2.75, 3.05) is 25.6 Å². The van der Waals surface area contributed by atoms with Gasteiger partial charge in [0, 0.05) is 30.4 Å². The molecule has 32 heavy (non-hydrogen) atoms. The van der Waals surface area contributed by atoms with Crippen molar-refractivity contribution in [3.63, 3.8) is 0 Å². The molecule has 0 amide bonds. The molecular formula is C25H25FN4O2. The van der Waals surface area contributed by atoms with E-state index in [-0.39, 0.29) is 11.9 Å². The fraction of sp³-hybridized carbons (Fsp3) is 0.240. The predicted molar refractivity (Wildman–Crippen MR) is 124 cm³/mol. The second-order valence-corrected chi connectivity index (χ2v) is 7.54. The first kappa shape index (κ1) is 21.6. The summed E-state index contributed by atoms with van der Waals surface area (Å²) < 4.78 is 25.6. The van der Waals surface area contributed by atoms with Crippen LogP contribution in [0.15, 0.2) is 60.9 Å². The zero-order valence-corrected chi connectivity index (χ0v) is 18.3. The smallest absolute Gasteiger partial charge is 0.163 e. The van der Waals surface area contributed by atoms with Crippen LogP contribution >= 0.6 is 0 Å². The van der Waals surface area contributed by atoms with Crippen LogP contribution in [0.25, 0.3) is 33.4 Å². The molecule has 2 aromatic heterocycles. The summed E-state index contributed by atoms with van der Waals surface area (Å²) in [4.78, 5) is 13.6. The van der Waals surface area contributed by atoms with Crippen LogP contribution in [-0.2, 0) is 4.74 Å². The number of pyridine rings is 1. The van der Waals surface area contributed by atoms with Gasteiger partial charge >= 0.3 is 0 Å². The van der Waals surface area contributed by atoms with Gasteiger partial charge in [-0.3, -0.25) is 4.98 Å². The van der Waals surface area contributed by atoms with Crippen LogP contribution in [0.2, 0.25) is 0 Å². The van der Waals surface area contributed by atoms with E-state index >= 15 is 0 Å². The van der Waals surface area contributed by atoms with E-state index in [1.54, 1.807) is 25.5 Å². The first-order chi connectivity index (χ1) is 15.5. The van der Waals surface area contributed by atoms with Gasteiger partial charge in [-0.1, -0.05) is 12.1 Å². The fourth-order valence-corrected chi connectivity index (χ4v) is 3.40. The molecule has 0 atom stereocenters. The first-order valence-corrected chi connectivity index (χ1v) is 10.5. The third-order valence-corrected chi connectivity index (χ3v) is 4.87. The number of halogens is 1. The van der Waals surface area contributed by atoms with Crippen LogP contribution in [0, 0.1) is 5.82 Å². The van der Waals surface area contributed by atoms with Crippen molar-refractivity contribution in [3.8, 4) is 28.3 Å². The van der Waals surface area contributed by atoms with Gasteiger partial charge in [-0.2, -0.15) is 0 Å². The zero-order valence-electron chi connectivity index (χ0n) is 18.3. The van der Waals surface area contributed by atoms with Gasteiger partial charge in [-0.05, 0) is 61.4 Å². The van der Waals surface area contributed by atoms with E-state index in [1.807, 2.05) is 44.2 Å². The monoisotopic (exact) mass is 432 g/mol. The molecule has 7 heteroatoms. The number of hydrogen-bond acceptors (Lipinski definition) is 6. The number of rotatable bonds is 8. The van der Waals surface area contributed by atoms with Crippen molar-refractivity contribution < 1.29 is 13.9 Å². The Morgan fingerprint density at radius 2 is 1.81 bits per heavy atom. The highest BCUT2D eigenvalue weighted by Gasteiger charge is 2.16. The highest BCUT2D eigenvalue weighted by Crippen LogP contribution is 2.36. The van der Waals surface area contributed by atoms with Crippen LogP contribution in [0.5, 0.6) is 5.75 Å². The summed E-state index contributed by atoms with van der Waals surface area (Å²) in [5.74, 6) is 1.47. The molecule has 0 radical (unpaired) electrons. The van der Waals surface area contributed by atoms with Crippen molar-refractivity contribution >= 4 is 16.7 Å². The SMILES string of the molecule is CNc1nc(-c2cccnc2)nc2c(OCCOC(C)C)cc(-c3cccc(F)c3)cc12. The third kappa shape index (κ3) is 4.84. The maximum atomic E-state index is 13.9. The summed E-state index contributed by atoms with van der Waals surface area (Å²) in [5, 5.41) is 3.93. The maximum Gasteiger partial charge on any atom is 0.163 e. The topological polar surface area (TPSA) is 69.2 Å². The lowest BCUT2D eigenvalue weighted by molar-refractivity contribution is 0.0556. The Balaban J connectivity index is 1.85. The number of benzene rings is 2. The number of aromatic nitrogens is 3. The van der Waals surface area contributed by atoms with Crippen molar-refractivity contribution in [1.29, 1.82) is 0 Å². The molecule has 0 spiro atoms. The number of anilines is 1. The van der Waals surface area contributed by atoms with Crippen LogP contribution in [-0.4, -0.2) is 41.3 Å². The molecule has 0 aliphatic rings. The molecule has 0 unspecified atom stereocenters. The number of nitrogens with zero attached hydrogens (tertiary/aromatic N) is 3. The molecule has 0 aliphatic carbocycles. The van der Waals surface area contributed by atoms with Crippen molar-refractivity contribution in [1.82, 2.24) is 15.0 Å². The normalized spacial score (nSPS) is 11.2. The van der Waals surface area contributed by atoms with E-state index in [9.17, 15) is 4.39 Å². The fourth-order valence-electron chi connectivity index (χ4n) is 3.40. The zero-order chi connectivity index (χ0) is 22.5. The molecule has 0 saturated heterocycles. The van der Waals surface area contributed by atoms with E-state index < -0.39 is 0 Å². The van der Waals surface area contributed by atoms with Gasteiger partial charge in [-0.25, -0.2) is 14.4 Å². The van der Waals surface area contributed by atoms with Gasteiger partial charge in [-0.15, -0.1) is 0 Å². The third-order valence-electron chi connectivity index (χ3n) is 4.87. The summed E-state index contributed by atoms with van der Waals surface area (Å²) in [5.41, 5.74) is 3.02. The molecule has 0 aliphatic heterocycles. The molecule has 164 valence electrons. The maximum absolute atomic E-state index is 13.9. The van der Waals surface area contributed by atoms with E-state index in [0.717, 1.165) is 22.1 Å². The summed E-state index contributed by atoms with van der Waals surface area (Å²) >= 11 is 0. The standard InChI is InChI=1S/C25H25FN4O2/c1-16(2)31-10-11-32-22-14-19(17-6-4-8-20(26)12-17)13-21-23(22)29-24(30-25(21)27-3)18-7-5-9-28-15-18/h4-9,12-16H,10-11H2,1-3H3,(H,27,29,30). The molecule has 0 fully saturated rings. The van der Waals surface area contributed by atoms with Crippen LogP contribution in [0.3, 0.4) is 0 Å². The lowest BCUT2D eigenvalue weighted by Crippen LogP contribution is -2.12. The summed E-state index contributed by atoms with van der Waals surface area (Å²) in [6.07, 6.45) is 3.54. The van der Waals surface area contributed by atoms with Gasteiger partial charge < -0.3 is 14.8 Å². The number of fused-ring (bicyclic) bond motifs is 1. The average molecular weight is 432 g/mol. The second kappa shape index (κ2) is 9.70. The van der Waals surface area contributed by atoms with Crippen molar-refractivity contribution in [3.05, 3.63) is 66.7 Å². The molecular weight excluding hydrogens is 407 g/mol. The van der Waals surface area contributed by atoms with E-state index in [2.05, 4.69) is 15.3 Å². The van der Waals surface area contributed by atoms with Gasteiger partial charge in [0.25, 0.3) is 0 Å². The Labute approximate surface area is 186 Å². The van der Waals surface area contributed by atoms with Crippen molar-refractivity contribution in [2.45, 2.75) is 20.0 Å². The lowest BCUT2D eigenvalue weighted by atomic mass is 10.0. The Morgan fingerprint density at radius 1 is 0.969 bits per heavy atom. The average Bonchev–Trinajstić information content (AvgIpc) is 2.81. The highest BCUT2D eigenvalue weighted by atomic mass is 19.1. The van der Waals surface area contributed by atoms with Crippen molar-refractivity contribution in [2.24, 2.45) is 0 Å². The molecule has 0 saturated carbocycles. The quantitative estimate of drug-likeness (QED) is 0.379. The first-order valence-electron chi connectivity index (χ1n) is 10.5. The summed E-state index contributed by atoms with van der Waals surface area (Å²) in [7, 11) is 1.81. The summed E-state index contributed by atoms with van der Waals surface area (Å²) in [6, 6.07) is 14.0. The lowest BCUT2D eigenvalue weighted by Gasteiger charge is -2.15. The second-order valence-electron chi connectivity index (χ2n) is 7.54. The summed E-state index contributed by atoms with van der Waals surface area (Å²) in [6.45, 7) is 4.77. The van der Waals surface area contributed by atoms with Gasteiger partial charge in [0.15, 0.2) is 5.82 Å². The van der Waals surface area contributed by atoms with E-state index in [0.29, 0.717) is 36.1 Å². The Morgan fingerprint density at radius 3 is 2.53 bits per heavy atom. The predicted octanol–water partition coefficient (Wildman–Crippen LogP) is 5.34. The molecule has 4 aromatic rings. The van der Waals surface area contributed by atoms with Gasteiger partial charge in [0.05, 0.1) is 12.7 Å². The number of hydrogen-bond donors (Lipinski definition) is 1. The molecule has 6 nitrogen and oxygen atoms in total. The van der Waals surface area contributed by atoms with Crippen LogP contribution in [0.4, 0.5) is 10.2 Å². The van der Waals surface area contributed by atoms with E-state index in [4.69, 9.17) is 14.5 Å². The molecule has 2 heterocycles. The number of nitrogens with one attached hydrogen (secondary N) is 1. The minimum atomic E-state index is -0.299. The highest BCUT2D eigenvalue weighted by molar-refractivity contribution is 5.97. The minimum Gasteiger partial charge on any atom is -0.489 e. The van der Waals surface area contributed by atoms with Gasteiger partial charge in [0.1, 0.15) is 29.5 Å². The molecule has 1 N–H and O–H groups in total. The molecule has 4 rings (SSSR count). The largest absolute Gasteiger partial charge is 0.489 e. The van der Waals surface area contributed by atoms with Gasteiger partial charge in [0.2, 0.25) is 0 Å².